The average Bonchev–Trinajstić information content (AvgIpc) is 3.68. The maximum atomic E-state index is 4.95. The van der Waals surface area contributed by atoms with Gasteiger partial charge in [-0.3, -0.25) is 0 Å². The molecule has 174 valence electrons. The van der Waals surface area contributed by atoms with Crippen LogP contribution >= 0.6 is 0 Å². The smallest absolute Gasteiger partial charge is 0.143 e. The van der Waals surface area contributed by atoms with Gasteiger partial charge in [0.05, 0.1) is 44.9 Å². The quantitative estimate of drug-likeness (QED) is 0.351. The molecule has 5 aromatic heterocycles. The van der Waals surface area contributed by atoms with E-state index in [1.807, 2.05) is 72.1 Å². The van der Waals surface area contributed by atoms with E-state index in [0.29, 0.717) is 0 Å². The van der Waals surface area contributed by atoms with Crippen LogP contribution in [0.1, 0.15) is 22.8 Å². The van der Waals surface area contributed by atoms with E-state index in [0.717, 1.165) is 67.6 Å². The Balaban J connectivity index is 1.60. The Labute approximate surface area is 206 Å². The van der Waals surface area contributed by atoms with Crippen LogP contribution < -0.4 is 0 Å². The molecule has 0 amide bonds. The molecule has 8 nitrogen and oxygen atoms in total. The van der Waals surface area contributed by atoms with Crippen LogP contribution in [0, 0.1) is 0 Å². The van der Waals surface area contributed by atoms with Gasteiger partial charge in [0, 0.05) is 49.9 Å². The van der Waals surface area contributed by atoms with Crippen LogP contribution in [0.3, 0.4) is 0 Å². The first-order chi connectivity index (χ1) is 17.6. The van der Waals surface area contributed by atoms with E-state index in [1.165, 1.54) is 0 Å². The van der Waals surface area contributed by atoms with Crippen molar-refractivity contribution in [2.75, 3.05) is 0 Å². The maximum Gasteiger partial charge on any atom is 0.143 e. The van der Waals surface area contributed by atoms with Crippen molar-refractivity contribution in [3.8, 4) is 22.8 Å². The van der Waals surface area contributed by atoms with Crippen LogP contribution in [0.25, 0.3) is 69.1 Å². The van der Waals surface area contributed by atoms with Crippen LogP contribution in [-0.4, -0.2) is 39.0 Å². The number of imidazole rings is 2. The minimum absolute atomic E-state index is 0.847. The van der Waals surface area contributed by atoms with Gasteiger partial charge >= 0.3 is 0 Å². The Kier molecular flexibility index (Phi) is 4.41. The number of fused-ring (bicyclic) bond motifs is 8. The molecule has 8 heteroatoms. The topological polar surface area (TPSA) is 93.0 Å². The fraction of sp³-hybridized carbons (Fsp3) is 0.0714. The highest BCUT2D eigenvalue weighted by Gasteiger charge is 2.16. The minimum atomic E-state index is 0.847. The summed E-state index contributed by atoms with van der Waals surface area (Å²) >= 11 is 0. The fourth-order valence-corrected chi connectivity index (χ4v) is 4.76. The van der Waals surface area contributed by atoms with Crippen molar-refractivity contribution >= 4 is 46.4 Å². The summed E-state index contributed by atoms with van der Waals surface area (Å²) in [5.74, 6) is 1.69. The van der Waals surface area contributed by atoms with Gasteiger partial charge in [0.1, 0.15) is 11.6 Å². The maximum absolute atomic E-state index is 4.95. The third-order valence-corrected chi connectivity index (χ3v) is 6.49. The Morgan fingerprint density at radius 3 is 1.50 bits per heavy atom. The lowest BCUT2D eigenvalue weighted by Gasteiger charge is -2.03. The first kappa shape index (κ1) is 20.4. The summed E-state index contributed by atoms with van der Waals surface area (Å²) in [6, 6.07) is 12.3. The summed E-state index contributed by atoms with van der Waals surface area (Å²) in [7, 11) is 3.98. The zero-order valence-electron chi connectivity index (χ0n) is 19.8. The molecule has 0 aliphatic carbocycles. The molecular formula is C28H22N8. The third kappa shape index (κ3) is 3.31. The summed E-state index contributed by atoms with van der Waals surface area (Å²) in [4.78, 5) is 26.2. The van der Waals surface area contributed by atoms with E-state index in [-0.39, 0.29) is 0 Å². The van der Waals surface area contributed by atoms with E-state index in [1.54, 1.807) is 12.4 Å². The lowest BCUT2D eigenvalue weighted by molar-refractivity contribution is 0.924. The van der Waals surface area contributed by atoms with Gasteiger partial charge in [0.2, 0.25) is 0 Å². The molecular weight excluding hydrogens is 448 g/mol. The van der Waals surface area contributed by atoms with Gasteiger partial charge in [-0.25, -0.2) is 19.9 Å². The SMILES string of the molecule is Cn1ccnc1-c1c2nc(cc3ccc([nH]3)c(-c3nccn3C)c3nc(cc4ccc1[nH]4)C=C3)C=C2. The fourth-order valence-electron chi connectivity index (χ4n) is 4.76. The summed E-state index contributed by atoms with van der Waals surface area (Å²) < 4.78 is 4.01. The second-order valence-electron chi connectivity index (χ2n) is 8.93. The predicted molar refractivity (Wildman–Crippen MR) is 143 cm³/mol. The second kappa shape index (κ2) is 7.78. The van der Waals surface area contributed by atoms with Gasteiger partial charge in [0.25, 0.3) is 0 Å². The largest absolute Gasteiger partial charge is 0.355 e. The van der Waals surface area contributed by atoms with Crippen molar-refractivity contribution in [2.45, 2.75) is 0 Å². The summed E-state index contributed by atoms with van der Waals surface area (Å²) in [6.45, 7) is 0. The average molecular weight is 471 g/mol. The number of hydrogen-bond acceptors (Lipinski definition) is 4. The molecule has 0 atom stereocenters. The Hall–Kier alpha value is -4.98. The summed E-state index contributed by atoms with van der Waals surface area (Å²) in [5, 5.41) is 0. The van der Waals surface area contributed by atoms with Crippen LogP contribution in [0.4, 0.5) is 0 Å². The van der Waals surface area contributed by atoms with Gasteiger partial charge in [-0.1, -0.05) is 0 Å². The highest BCUT2D eigenvalue weighted by atomic mass is 15.0. The molecule has 0 saturated carbocycles. The molecule has 0 aromatic carbocycles. The Morgan fingerprint density at radius 2 is 1.08 bits per heavy atom. The molecule has 2 aliphatic heterocycles. The number of nitrogens with zero attached hydrogens (tertiary/aromatic N) is 6. The second-order valence-corrected chi connectivity index (χ2v) is 8.93. The van der Waals surface area contributed by atoms with Crippen molar-refractivity contribution < 1.29 is 0 Å². The van der Waals surface area contributed by atoms with Crippen LogP contribution in [-0.2, 0) is 14.1 Å². The number of aromatic amines is 2. The number of H-pyrrole nitrogens is 2. The van der Waals surface area contributed by atoms with E-state index in [4.69, 9.17) is 9.97 Å². The van der Waals surface area contributed by atoms with Crippen molar-refractivity contribution in [3.63, 3.8) is 0 Å². The zero-order valence-corrected chi connectivity index (χ0v) is 19.8. The van der Waals surface area contributed by atoms with Gasteiger partial charge in [-0.15, -0.1) is 0 Å². The molecule has 0 radical (unpaired) electrons. The summed E-state index contributed by atoms with van der Waals surface area (Å²) in [6.07, 6.45) is 15.6. The third-order valence-electron chi connectivity index (χ3n) is 6.49. The normalized spacial score (nSPS) is 12.5. The van der Waals surface area contributed by atoms with Crippen molar-refractivity contribution in [1.82, 2.24) is 39.0 Å². The summed E-state index contributed by atoms with van der Waals surface area (Å²) in [5.41, 5.74) is 9.13. The van der Waals surface area contributed by atoms with E-state index in [9.17, 15) is 0 Å². The van der Waals surface area contributed by atoms with Crippen molar-refractivity contribution in [2.24, 2.45) is 14.1 Å². The van der Waals surface area contributed by atoms with Crippen molar-refractivity contribution in [1.29, 1.82) is 0 Å². The van der Waals surface area contributed by atoms with Gasteiger partial charge in [-0.2, -0.15) is 0 Å². The van der Waals surface area contributed by atoms with Crippen LogP contribution in [0.2, 0.25) is 0 Å². The molecule has 7 rings (SSSR count). The van der Waals surface area contributed by atoms with E-state index >= 15 is 0 Å². The van der Waals surface area contributed by atoms with Gasteiger partial charge < -0.3 is 19.1 Å². The van der Waals surface area contributed by atoms with Crippen molar-refractivity contribution in [3.05, 3.63) is 84.0 Å². The lowest BCUT2D eigenvalue weighted by atomic mass is 10.2. The number of aryl methyl sites for hydroxylation is 2. The molecule has 0 fully saturated rings. The molecule has 7 heterocycles. The molecule has 0 unspecified atom stereocenters. The highest BCUT2D eigenvalue weighted by molar-refractivity contribution is 5.91. The number of hydrogen-bond donors (Lipinski definition) is 2. The predicted octanol–water partition coefficient (Wildman–Crippen LogP) is 5.46. The highest BCUT2D eigenvalue weighted by Crippen LogP contribution is 2.30. The molecule has 2 aliphatic rings. The number of nitrogens with one attached hydrogen (secondary N) is 2. The van der Waals surface area contributed by atoms with Crippen LogP contribution in [0.5, 0.6) is 0 Å². The lowest BCUT2D eigenvalue weighted by Crippen LogP contribution is -1.94. The van der Waals surface area contributed by atoms with Gasteiger partial charge in [0.15, 0.2) is 0 Å². The molecule has 0 saturated heterocycles. The minimum Gasteiger partial charge on any atom is -0.355 e. The standard InChI is InChI=1S/C28H22N8/c1-35-13-11-29-27(35)25-21-7-3-17(31-21)15-19-5-9-23(33-19)26(28-30-12-14-36(28)2)24-10-6-20(34-24)16-18-4-8-22(25)32-18/h3-16,31,34H,1-2H3. The Morgan fingerprint density at radius 1 is 0.611 bits per heavy atom. The molecule has 2 N–H and O–H groups in total. The van der Waals surface area contributed by atoms with Gasteiger partial charge in [-0.05, 0) is 60.7 Å². The Bertz CT molecular complexity index is 1730. The van der Waals surface area contributed by atoms with E-state index < -0.39 is 0 Å². The zero-order chi connectivity index (χ0) is 24.2. The molecule has 0 spiro atoms. The van der Waals surface area contributed by atoms with E-state index in [2.05, 4.69) is 44.2 Å². The number of rotatable bonds is 2. The monoisotopic (exact) mass is 470 g/mol. The first-order valence-corrected chi connectivity index (χ1v) is 11.7. The molecule has 36 heavy (non-hydrogen) atoms. The van der Waals surface area contributed by atoms with Crippen LogP contribution in [0.15, 0.2) is 61.2 Å². The molecule has 8 bridgehead atoms. The first-order valence-electron chi connectivity index (χ1n) is 11.7. The molecule has 5 aromatic rings. The number of aromatic nitrogens is 8.